The van der Waals surface area contributed by atoms with Gasteiger partial charge in [-0.15, -0.1) is 11.8 Å². The van der Waals surface area contributed by atoms with Crippen molar-refractivity contribution in [3.05, 3.63) is 57.1 Å². The average Bonchev–Trinajstić information content (AvgIpc) is 2.65. The predicted molar refractivity (Wildman–Crippen MR) is 113 cm³/mol. The summed E-state index contributed by atoms with van der Waals surface area (Å²) < 4.78 is 11.0. The summed E-state index contributed by atoms with van der Waals surface area (Å²) in [7, 11) is 0. The fourth-order valence-electron chi connectivity index (χ4n) is 2.96. The number of cyclic esters (lactones) is 1. The van der Waals surface area contributed by atoms with Crippen LogP contribution in [0.4, 0.5) is 16.2 Å². The number of thioether (sulfide) groups is 1. The van der Waals surface area contributed by atoms with Gasteiger partial charge in [0, 0.05) is 21.5 Å². The van der Waals surface area contributed by atoms with Crippen LogP contribution < -0.4 is 10.1 Å². The molecule has 0 spiro atoms. The van der Waals surface area contributed by atoms with E-state index in [1.54, 1.807) is 31.7 Å². The Hall–Kier alpha value is -2.45. The van der Waals surface area contributed by atoms with Crippen molar-refractivity contribution in [2.24, 2.45) is 0 Å². The molecular formula is C20H21ClN2O5S. The van der Waals surface area contributed by atoms with E-state index in [1.807, 2.05) is 24.3 Å². The van der Waals surface area contributed by atoms with Crippen LogP contribution in [0.1, 0.15) is 32.3 Å². The Morgan fingerprint density at radius 3 is 2.66 bits per heavy atom. The number of rotatable bonds is 8. The van der Waals surface area contributed by atoms with Crippen molar-refractivity contribution in [1.82, 2.24) is 0 Å². The highest BCUT2D eigenvalue weighted by Gasteiger charge is 2.36. The summed E-state index contributed by atoms with van der Waals surface area (Å²) in [4.78, 5) is 23.7. The summed E-state index contributed by atoms with van der Waals surface area (Å²) >= 11 is 7.60. The Kier molecular flexibility index (Phi) is 6.54. The third kappa shape index (κ3) is 5.33. The number of ether oxygens (including phenoxy) is 2. The highest BCUT2D eigenvalue weighted by molar-refractivity contribution is 7.99. The number of nitro groups is 1. The van der Waals surface area contributed by atoms with Crippen LogP contribution in [0, 0.1) is 10.1 Å². The third-order valence-electron chi connectivity index (χ3n) is 4.41. The van der Waals surface area contributed by atoms with Gasteiger partial charge in [0.1, 0.15) is 5.60 Å². The monoisotopic (exact) mass is 436 g/mol. The molecule has 154 valence electrons. The van der Waals surface area contributed by atoms with Crippen molar-refractivity contribution in [3.63, 3.8) is 0 Å². The summed E-state index contributed by atoms with van der Waals surface area (Å²) in [5.74, 6) is 1.08. The van der Waals surface area contributed by atoms with Gasteiger partial charge in [-0.05, 0) is 62.8 Å². The molecule has 2 aromatic rings. The third-order valence-corrected chi connectivity index (χ3v) is 5.76. The lowest BCUT2D eigenvalue weighted by molar-refractivity contribution is -0.385. The zero-order valence-electron chi connectivity index (χ0n) is 16.1. The number of nitrogens with zero attached hydrogens (tertiary/aromatic N) is 1. The fourth-order valence-corrected chi connectivity index (χ4v) is 4.00. The van der Waals surface area contributed by atoms with Gasteiger partial charge in [0.05, 0.1) is 17.2 Å². The van der Waals surface area contributed by atoms with Gasteiger partial charge in [-0.1, -0.05) is 11.6 Å². The van der Waals surface area contributed by atoms with Crippen molar-refractivity contribution in [2.45, 2.75) is 37.2 Å². The number of nitro benzene ring substituents is 1. The minimum absolute atomic E-state index is 0.173. The molecule has 0 fully saturated rings. The second kappa shape index (κ2) is 8.92. The number of hydrogen-bond acceptors (Lipinski definition) is 6. The smallest absolute Gasteiger partial charge is 0.412 e. The number of carbonyl (C=O) groups is 1. The maximum Gasteiger partial charge on any atom is 0.412 e. The fraction of sp³-hybridized carbons (Fsp3) is 0.350. The molecule has 9 heteroatoms. The first-order valence-electron chi connectivity index (χ1n) is 9.10. The topological polar surface area (TPSA) is 90.7 Å². The van der Waals surface area contributed by atoms with Gasteiger partial charge in [-0.25, -0.2) is 4.79 Å². The van der Waals surface area contributed by atoms with Crippen LogP contribution >= 0.6 is 23.4 Å². The van der Waals surface area contributed by atoms with E-state index in [4.69, 9.17) is 21.1 Å². The number of nitrogens with one attached hydrogen (secondary N) is 1. The Morgan fingerprint density at radius 1 is 1.24 bits per heavy atom. The molecule has 7 nitrogen and oxygen atoms in total. The Balaban J connectivity index is 1.59. The zero-order valence-corrected chi connectivity index (χ0v) is 17.6. The summed E-state index contributed by atoms with van der Waals surface area (Å²) in [5, 5.41) is 14.7. The van der Waals surface area contributed by atoms with Crippen molar-refractivity contribution in [3.8, 4) is 5.75 Å². The lowest BCUT2D eigenvalue weighted by Crippen LogP contribution is -2.34. The SMILES string of the molecule is CC1(C)OC(=O)Nc2cc([N+](=O)[O-])c(OCCCCSc3ccc(Cl)cc3)cc21. The molecule has 1 aliphatic heterocycles. The van der Waals surface area contributed by atoms with E-state index >= 15 is 0 Å². The van der Waals surface area contributed by atoms with Crippen LogP contribution in [0.2, 0.25) is 5.02 Å². The molecule has 0 radical (unpaired) electrons. The lowest BCUT2D eigenvalue weighted by Gasteiger charge is -2.32. The molecule has 0 atom stereocenters. The number of benzene rings is 2. The van der Waals surface area contributed by atoms with Crippen molar-refractivity contribution >= 4 is 40.8 Å². The highest BCUT2D eigenvalue weighted by atomic mass is 35.5. The normalized spacial score (nSPS) is 14.5. The first kappa shape index (κ1) is 21.3. The molecule has 0 saturated carbocycles. The number of hydrogen-bond donors (Lipinski definition) is 1. The molecule has 2 aromatic carbocycles. The minimum atomic E-state index is -0.903. The van der Waals surface area contributed by atoms with Crippen molar-refractivity contribution in [1.29, 1.82) is 0 Å². The average molecular weight is 437 g/mol. The number of halogens is 1. The van der Waals surface area contributed by atoms with E-state index in [0.717, 1.165) is 23.5 Å². The van der Waals surface area contributed by atoms with Crippen LogP contribution in [-0.2, 0) is 10.3 Å². The molecule has 1 amide bonds. The second-order valence-corrected chi connectivity index (χ2v) is 8.61. The predicted octanol–water partition coefficient (Wildman–Crippen LogP) is 6.00. The lowest BCUT2D eigenvalue weighted by atomic mass is 9.94. The van der Waals surface area contributed by atoms with E-state index in [1.165, 1.54) is 6.07 Å². The highest BCUT2D eigenvalue weighted by Crippen LogP contribution is 2.42. The van der Waals surface area contributed by atoms with Crippen LogP contribution in [0.15, 0.2) is 41.3 Å². The number of anilines is 1. The number of amides is 1. The van der Waals surface area contributed by atoms with Crippen LogP contribution in [0.5, 0.6) is 5.75 Å². The molecule has 0 aromatic heterocycles. The second-order valence-electron chi connectivity index (χ2n) is 7.01. The van der Waals surface area contributed by atoms with Crippen LogP contribution in [-0.4, -0.2) is 23.4 Å². The quantitative estimate of drug-likeness (QED) is 0.236. The standard InChI is InChI=1S/C20H21ClN2O5S/c1-20(2)15-11-18(17(23(25)26)12-16(15)22-19(24)28-20)27-9-3-4-10-29-14-7-5-13(21)6-8-14/h5-8,11-12H,3-4,9-10H2,1-2H3,(H,22,24). The molecule has 1 N–H and O–H groups in total. The Bertz CT molecular complexity index is 918. The molecule has 0 aliphatic carbocycles. The molecule has 3 rings (SSSR count). The molecule has 0 bridgehead atoms. The maximum atomic E-state index is 11.7. The van der Waals surface area contributed by atoms with Crippen LogP contribution in [0.3, 0.4) is 0 Å². The number of unbranched alkanes of at least 4 members (excludes halogenated alkanes) is 1. The molecule has 29 heavy (non-hydrogen) atoms. The summed E-state index contributed by atoms with van der Waals surface area (Å²) in [5.41, 5.74) is -0.0851. The first-order chi connectivity index (χ1) is 13.8. The zero-order chi connectivity index (χ0) is 21.0. The summed E-state index contributed by atoms with van der Waals surface area (Å²) in [6.07, 6.45) is 1.02. The van der Waals surface area contributed by atoms with E-state index in [-0.39, 0.29) is 11.4 Å². The first-order valence-corrected chi connectivity index (χ1v) is 10.5. The van der Waals surface area contributed by atoms with Crippen molar-refractivity contribution < 1.29 is 19.2 Å². The molecule has 1 heterocycles. The molecule has 0 saturated heterocycles. The van der Waals surface area contributed by atoms with Gasteiger partial charge >= 0.3 is 11.8 Å². The van der Waals surface area contributed by atoms with Gasteiger partial charge in [-0.2, -0.15) is 0 Å². The summed E-state index contributed by atoms with van der Waals surface area (Å²) in [6, 6.07) is 10.6. The van der Waals surface area contributed by atoms with Gasteiger partial charge in [-0.3, -0.25) is 15.4 Å². The largest absolute Gasteiger partial charge is 0.487 e. The Labute approximate surface area is 177 Å². The van der Waals surface area contributed by atoms with E-state index < -0.39 is 16.6 Å². The van der Waals surface area contributed by atoms with E-state index in [9.17, 15) is 14.9 Å². The molecular weight excluding hydrogens is 416 g/mol. The van der Waals surface area contributed by atoms with Crippen LogP contribution in [0.25, 0.3) is 0 Å². The maximum absolute atomic E-state index is 11.7. The van der Waals surface area contributed by atoms with Crippen molar-refractivity contribution in [2.75, 3.05) is 17.7 Å². The Morgan fingerprint density at radius 2 is 1.97 bits per heavy atom. The van der Waals surface area contributed by atoms with E-state index in [2.05, 4.69) is 5.32 Å². The molecule has 0 unspecified atom stereocenters. The number of fused-ring (bicyclic) bond motifs is 1. The van der Waals surface area contributed by atoms with Gasteiger partial charge in [0.2, 0.25) is 0 Å². The van der Waals surface area contributed by atoms with Gasteiger partial charge in [0.15, 0.2) is 5.75 Å². The van der Waals surface area contributed by atoms with Gasteiger partial charge < -0.3 is 9.47 Å². The molecule has 1 aliphatic rings. The van der Waals surface area contributed by atoms with Gasteiger partial charge in [0.25, 0.3) is 0 Å². The minimum Gasteiger partial charge on any atom is -0.487 e. The summed E-state index contributed by atoms with van der Waals surface area (Å²) in [6.45, 7) is 3.82. The van der Waals surface area contributed by atoms with E-state index in [0.29, 0.717) is 22.9 Å². The number of carbonyl (C=O) groups excluding carboxylic acids is 1.